The summed E-state index contributed by atoms with van der Waals surface area (Å²) in [5.74, 6) is 0. The van der Waals surface area contributed by atoms with Crippen LogP contribution >= 0.6 is 54.8 Å². The molecule has 1 unspecified atom stereocenters. The van der Waals surface area contributed by atoms with E-state index in [1.807, 2.05) is 19.9 Å². The molecule has 0 fully saturated rings. The highest BCUT2D eigenvalue weighted by Crippen LogP contribution is 2.38. The Morgan fingerprint density at radius 3 is 2.33 bits per heavy atom. The Bertz CT molecular complexity index is 595. The number of benzene rings is 1. The lowest BCUT2D eigenvalue weighted by Gasteiger charge is -2.16. The molecule has 0 aliphatic carbocycles. The number of rotatable bonds is 2. The van der Waals surface area contributed by atoms with Gasteiger partial charge in [0.05, 0.1) is 13.6 Å². The summed E-state index contributed by atoms with van der Waals surface area (Å²) in [6.45, 7) is 4.03. The van der Waals surface area contributed by atoms with E-state index < -0.39 is 0 Å². The standard InChI is InChI=1S/C13H12Br2ClNS/c1-6-4-10(16)7(2)3-8(6)12(17)9-5-11(14)18-13(9)15/h3-5,12H,17H2,1-2H3. The van der Waals surface area contributed by atoms with Crippen LogP contribution in [-0.4, -0.2) is 0 Å². The highest BCUT2D eigenvalue weighted by Gasteiger charge is 2.17. The second-order valence-corrected chi connectivity index (χ2v) is 8.37. The molecule has 2 rings (SSSR count). The van der Waals surface area contributed by atoms with Crippen LogP contribution in [0.1, 0.15) is 28.3 Å². The van der Waals surface area contributed by atoms with Crippen LogP contribution in [0.4, 0.5) is 0 Å². The van der Waals surface area contributed by atoms with Gasteiger partial charge < -0.3 is 5.73 Å². The topological polar surface area (TPSA) is 26.0 Å². The van der Waals surface area contributed by atoms with Crippen LogP contribution in [0.2, 0.25) is 5.02 Å². The maximum Gasteiger partial charge on any atom is 0.0761 e. The number of nitrogens with two attached hydrogens (primary N) is 1. The van der Waals surface area contributed by atoms with Gasteiger partial charge in [0.1, 0.15) is 0 Å². The monoisotopic (exact) mass is 407 g/mol. The third-order valence-electron chi connectivity index (χ3n) is 2.90. The molecule has 5 heteroatoms. The van der Waals surface area contributed by atoms with Crippen molar-refractivity contribution < 1.29 is 0 Å². The van der Waals surface area contributed by atoms with Gasteiger partial charge in [-0.15, -0.1) is 11.3 Å². The third kappa shape index (κ3) is 2.83. The second kappa shape index (κ2) is 5.63. The van der Waals surface area contributed by atoms with Gasteiger partial charge in [-0.25, -0.2) is 0 Å². The number of thiophene rings is 1. The molecular weight excluding hydrogens is 397 g/mol. The van der Waals surface area contributed by atoms with Crippen LogP contribution < -0.4 is 5.73 Å². The zero-order valence-electron chi connectivity index (χ0n) is 9.93. The molecule has 96 valence electrons. The SMILES string of the molecule is Cc1cc(C(N)c2cc(Br)sc2Br)c(C)cc1Cl. The molecule has 0 saturated carbocycles. The van der Waals surface area contributed by atoms with Crippen LogP contribution in [-0.2, 0) is 0 Å². The zero-order chi connectivity index (χ0) is 13.4. The Kier molecular flexibility index (Phi) is 4.55. The van der Waals surface area contributed by atoms with Gasteiger partial charge in [-0.2, -0.15) is 0 Å². The first-order valence-corrected chi connectivity index (χ1v) is 8.15. The normalized spacial score (nSPS) is 12.8. The lowest BCUT2D eigenvalue weighted by molar-refractivity contribution is 0.860. The molecule has 0 spiro atoms. The average molecular weight is 410 g/mol. The Balaban J connectivity index is 2.49. The van der Waals surface area contributed by atoms with Gasteiger partial charge in [-0.05, 0) is 80.1 Å². The molecule has 0 aliphatic heterocycles. The number of halogens is 3. The van der Waals surface area contributed by atoms with Crippen molar-refractivity contribution >= 4 is 54.8 Å². The second-order valence-electron chi connectivity index (χ2n) is 4.22. The Morgan fingerprint density at radius 1 is 1.11 bits per heavy atom. The van der Waals surface area contributed by atoms with Crippen molar-refractivity contribution in [2.45, 2.75) is 19.9 Å². The summed E-state index contributed by atoms with van der Waals surface area (Å²) in [4.78, 5) is 0. The molecule has 0 bridgehead atoms. The molecule has 1 aromatic carbocycles. The van der Waals surface area contributed by atoms with E-state index in [1.54, 1.807) is 11.3 Å². The lowest BCUT2D eigenvalue weighted by Crippen LogP contribution is -2.13. The summed E-state index contributed by atoms with van der Waals surface area (Å²) >= 11 is 14.8. The summed E-state index contributed by atoms with van der Waals surface area (Å²) in [7, 11) is 0. The molecule has 2 N–H and O–H groups in total. The van der Waals surface area contributed by atoms with Crippen LogP contribution in [0.3, 0.4) is 0 Å². The minimum atomic E-state index is -0.141. The van der Waals surface area contributed by atoms with Gasteiger partial charge in [0, 0.05) is 5.02 Å². The number of hydrogen-bond acceptors (Lipinski definition) is 2. The molecule has 0 amide bonds. The van der Waals surface area contributed by atoms with Crippen molar-refractivity contribution in [3.63, 3.8) is 0 Å². The van der Waals surface area contributed by atoms with Crippen LogP contribution in [0.25, 0.3) is 0 Å². The Hall–Kier alpha value is 0.130. The maximum absolute atomic E-state index is 6.36. The van der Waals surface area contributed by atoms with E-state index in [0.29, 0.717) is 0 Å². The summed E-state index contributed by atoms with van der Waals surface area (Å²) in [5.41, 5.74) is 10.7. The fraction of sp³-hybridized carbons (Fsp3) is 0.231. The largest absolute Gasteiger partial charge is 0.320 e. The molecule has 0 aliphatic rings. The van der Waals surface area contributed by atoms with E-state index in [2.05, 4.69) is 44.0 Å². The molecule has 1 atom stereocenters. The van der Waals surface area contributed by atoms with Crippen LogP contribution in [0.15, 0.2) is 25.8 Å². The van der Waals surface area contributed by atoms with E-state index in [4.69, 9.17) is 17.3 Å². The van der Waals surface area contributed by atoms with Gasteiger partial charge in [0.2, 0.25) is 0 Å². The first-order valence-electron chi connectivity index (χ1n) is 5.37. The van der Waals surface area contributed by atoms with Gasteiger partial charge in [-0.3, -0.25) is 0 Å². The van der Waals surface area contributed by atoms with Gasteiger partial charge >= 0.3 is 0 Å². The van der Waals surface area contributed by atoms with Crippen LogP contribution in [0.5, 0.6) is 0 Å². The van der Waals surface area contributed by atoms with E-state index in [-0.39, 0.29) is 6.04 Å². The van der Waals surface area contributed by atoms with E-state index in [9.17, 15) is 0 Å². The summed E-state index contributed by atoms with van der Waals surface area (Å²) in [6.07, 6.45) is 0. The van der Waals surface area contributed by atoms with Crippen molar-refractivity contribution in [2.24, 2.45) is 5.73 Å². The minimum Gasteiger partial charge on any atom is -0.320 e. The highest BCUT2D eigenvalue weighted by molar-refractivity contribution is 9.12. The molecule has 1 heterocycles. The molecule has 2 aromatic rings. The van der Waals surface area contributed by atoms with Crippen molar-refractivity contribution in [1.29, 1.82) is 0 Å². The van der Waals surface area contributed by atoms with E-state index >= 15 is 0 Å². The van der Waals surface area contributed by atoms with E-state index in [1.165, 1.54) is 0 Å². The predicted octanol–water partition coefficient (Wildman–Crippen LogP) is 5.59. The van der Waals surface area contributed by atoms with Crippen molar-refractivity contribution in [3.8, 4) is 0 Å². The maximum atomic E-state index is 6.36. The molecule has 0 radical (unpaired) electrons. The fourth-order valence-electron chi connectivity index (χ4n) is 1.87. The van der Waals surface area contributed by atoms with Crippen LogP contribution in [0, 0.1) is 13.8 Å². The minimum absolute atomic E-state index is 0.141. The van der Waals surface area contributed by atoms with Gasteiger partial charge in [0.15, 0.2) is 0 Å². The molecule has 1 aromatic heterocycles. The predicted molar refractivity (Wildman–Crippen MR) is 86.7 cm³/mol. The summed E-state index contributed by atoms with van der Waals surface area (Å²) in [5, 5.41) is 0.786. The Labute approximate surface area is 133 Å². The molecule has 18 heavy (non-hydrogen) atoms. The zero-order valence-corrected chi connectivity index (χ0v) is 14.7. The van der Waals surface area contributed by atoms with Crippen molar-refractivity contribution in [3.05, 3.63) is 53.0 Å². The smallest absolute Gasteiger partial charge is 0.0761 e. The van der Waals surface area contributed by atoms with Gasteiger partial charge in [-0.1, -0.05) is 17.7 Å². The molecular formula is C13H12Br2ClNS. The van der Waals surface area contributed by atoms with Crippen molar-refractivity contribution in [1.82, 2.24) is 0 Å². The summed E-state index contributed by atoms with van der Waals surface area (Å²) in [6, 6.07) is 5.96. The quantitative estimate of drug-likeness (QED) is 0.687. The summed E-state index contributed by atoms with van der Waals surface area (Å²) < 4.78 is 2.14. The lowest BCUT2D eigenvalue weighted by atomic mass is 9.96. The fourth-order valence-corrected chi connectivity index (χ4v) is 5.02. The highest BCUT2D eigenvalue weighted by atomic mass is 79.9. The first-order chi connectivity index (χ1) is 8.40. The first kappa shape index (κ1) is 14.5. The number of hydrogen-bond donors (Lipinski definition) is 1. The molecule has 1 nitrogen and oxygen atoms in total. The van der Waals surface area contributed by atoms with Gasteiger partial charge in [0.25, 0.3) is 0 Å². The Morgan fingerprint density at radius 2 is 1.78 bits per heavy atom. The number of aryl methyl sites for hydroxylation is 2. The molecule has 0 saturated heterocycles. The van der Waals surface area contributed by atoms with Crippen molar-refractivity contribution in [2.75, 3.05) is 0 Å². The average Bonchev–Trinajstić information content (AvgIpc) is 2.62. The van der Waals surface area contributed by atoms with E-state index in [0.717, 1.165) is 34.8 Å². The third-order valence-corrected chi connectivity index (χ3v) is 5.69.